The first-order valence-corrected chi connectivity index (χ1v) is 6.29. The van der Waals surface area contributed by atoms with Gasteiger partial charge in [-0.3, -0.25) is 9.59 Å². The molecular formula is C14H20N2O3. The van der Waals surface area contributed by atoms with Crippen molar-refractivity contribution in [1.29, 1.82) is 0 Å². The van der Waals surface area contributed by atoms with Crippen molar-refractivity contribution in [2.24, 2.45) is 5.73 Å². The fourth-order valence-corrected chi connectivity index (χ4v) is 1.86. The van der Waals surface area contributed by atoms with Gasteiger partial charge in [0.25, 0.3) is 0 Å². The van der Waals surface area contributed by atoms with E-state index in [1.54, 1.807) is 6.92 Å². The molecule has 0 radical (unpaired) electrons. The lowest BCUT2D eigenvalue weighted by molar-refractivity contribution is -0.143. The van der Waals surface area contributed by atoms with Crippen molar-refractivity contribution in [3.8, 4) is 0 Å². The van der Waals surface area contributed by atoms with Crippen LogP contribution in [0.1, 0.15) is 30.5 Å². The lowest BCUT2D eigenvalue weighted by Gasteiger charge is -2.20. The number of carbonyl (C=O) groups is 2. The first-order chi connectivity index (χ1) is 9.08. The van der Waals surface area contributed by atoms with Crippen molar-refractivity contribution in [3.05, 3.63) is 35.4 Å². The van der Waals surface area contributed by atoms with Crippen LogP contribution in [0.25, 0.3) is 0 Å². The highest BCUT2D eigenvalue weighted by Gasteiger charge is 2.19. The van der Waals surface area contributed by atoms with Gasteiger partial charge in [0, 0.05) is 0 Å². The molecule has 0 saturated carbocycles. The molecule has 1 aromatic rings. The highest BCUT2D eigenvalue weighted by molar-refractivity contribution is 5.79. The van der Waals surface area contributed by atoms with Gasteiger partial charge < -0.3 is 15.8 Å². The van der Waals surface area contributed by atoms with Crippen LogP contribution < -0.4 is 11.1 Å². The van der Waals surface area contributed by atoms with Crippen LogP contribution in [0.5, 0.6) is 0 Å². The zero-order chi connectivity index (χ0) is 14.3. The van der Waals surface area contributed by atoms with Crippen LogP contribution in [0.3, 0.4) is 0 Å². The first kappa shape index (κ1) is 15.2. The molecule has 0 heterocycles. The summed E-state index contributed by atoms with van der Waals surface area (Å²) in [4.78, 5) is 23.1. The number of esters is 1. The number of rotatable bonds is 6. The molecule has 0 fully saturated rings. The number of nitrogens with one attached hydrogen (secondary N) is 1. The van der Waals surface area contributed by atoms with Crippen LogP contribution in [0.15, 0.2) is 24.3 Å². The van der Waals surface area contributed by atoms with Gasteiger partial charge in [0.15, 0.2) is 0 Å². The van der Waals surface area contributed by atoms with Crippen molar-refractivity contribution in [3.63, 3.8) is 0 Å². The van der Waals surface area contributed by atoms with Gasteiger partial charge in [0.2, 0.25) is 5.91 Å². The van der Waals surface area contributed by atoms with E-state index in [0.717, 1.165) is 11.1 Å². The zero-order valence-corrected chi connectivity index (χ0v) is 11.3. The van der Waals surface area contributed by atoms with Crippen molar-refractivity contribution in [2.75, 3.05) is 13.2 Å². The van der Waals surface area contributed by atoms with Gasteiger partial charge in [0.05, 0.1) is 25.6 Å². The molecule has 5 nitrogen and oxygen atoms in total. The number of carbonyl (C=O) groups excluding carboxylic acids is 2. The molecular weight excluding hydrogens is 244 g/mol. The van der Waals surface area contributed by atoms with Crippen molar-refractivity contribution in [2.45, 2.75) is 26.3 Å². The smallest absolute Gasteiger partial charge is 0.308 e. The Balaban J connectivity index is 2.89. The number of hydrogen-bond donors (Lipinski definition) is 2. The average Bonchev–Trinajstić information content (AvgIpc) is 2.38. The largest absolute Gasteiger partial charge is 0.466 e. The Morgan fingerprint density at radius 1 is 1.37 bits per heavy atom. The normalized spacial score (nSPS) is 11.7. The third kappa shape index (κ3) is 4.71. The van der Waals surface area contributed by atoms with Crippen LogP contribution in [-0.4, -0.2) is 25.0 Å². The summed E-state index contributed by atoms with van der Waals surface area (Å²) < 4.78 is 4.93. The van der Waals surface area contributed by atoms with Gasteiger partial charge in [-0.25, -0.2) is 0 Å². The van der Waals surface area contributed by atoms with E-state index < -0.39 is 6.04 Å². The Labute approximate surface area is 113 Å². The molecule has 1 rings (SSSR count). The number of amides is 1. The molecule has 1 atom stereocenters. The van der Waals surface area contributed by atoms with Crippen LogP contribution >= 0.6 is 0 Å². The van der Waals surface area contributed by atoms with E-state index in [2.05, 4.69) is 5.32 Å². The maximum Gasteiger partial charge on any atom is 0.308 e. The van der Waals surface area contributed by atoms with Gasteiger partial charge in [-0.1, -0.05) is 24.3 Å². The van der Waals surface area contributed by atoms with E-state index in [9.17, 15) is 9.59 Å². The SMILES string of the molecule is CCOC(=O)CC(NC(=O)CN)c1ccccc1C. The van der Waals surface area contributed by atoms with Gasteiger partial charge >= 0.3 is 5.97 Å². The molecule has 5 heteroatoms. The predicted octanol–water partition coefficient (Wildman–Crippen LogP) is 1.06. The number of benzene rings is 1. The lowest BCUT2D eigenvalue weighted by atomic mass is 9.98. The van der Waals surface area contributed by atoms with E-state index in [4.69, 9.17) is 10.5 Å². The van der Waals surface area contributed by atoms with Crippen LogP contribution in [-0.2, 0) is 14.3 Å². The summed E-state index contributed by atoms with van der Waals surface area (Å²) in [5.41, 5.74) is 7.21. The fraction of sp³-hybridized carbons (Fsp3) is 0.429. The van der Waals surface area contributed by atoms with Crippen LogP contribution in [0, 0.1) is 6.92 Å². The highest BCUT2D eigenvalue weighted by Crippen LogP contribution is 2.21. The summed E-state index contributed by atoms with van der Waals surface area (Å²) in [7, 11) is 0. The van der Waals surface area contributed by atoms with Crippen molar-refractivity contribution >= 4 is 11.9 Å². The summed E-state index contributed by atoms with van der Waals surface area (Å²) in [6.45, 7) is 3.90. The molecule has 1 aromatic carbocycles. The number of hydrogen-bond acceptors (Lipinski definition) is 4. The quantitative estimate of drug-likeness (QED) is 0.753. The Morgan fingerprint density at radius 3 is 2.63 bits per heavy atom. The highest BCUT2D eigenvalue weighted by atomic mass is 16.5. The average molecular weight is 264 g/mol. The Bertz CT molecular complexity index is 446. The summed E-state index contributed by atoms with van der Waals surface area (Å²) in [6.07, 6.45) is 0.102. The molecule has 3 N–H and O–H groups in total. The van der Waals surface area contributed by atoms with Crippen molar-refractivity contribution in [1.82, 2.24) is 5.32 Å². The lowest BCUT2D eigenvalue weighted by Crippen LogP contribution is -2.35. The minimum Gasteiger partial charge on any atom is -0.466 e. The Morgan fingerprint density at radius 2 is 2.05 bits per heavy atom. The topological polar surface area (TPSA) is 81.4 Å². The third-order valence-electron chi connectivity index (χ3n) is 2.76. The van der Waals surface area contributed by atoms with Gasteiger partial charge in [0.1, 0.15) is 0 Å². The third-order valence-corrected chi connectivity index (χ3v) is 2.76. The zero-order valence-electron chi connectivity index (χ0n) is 11.3. The Hall–Kier alpha value is -1.88. The number of ether oxygens (including phenoxy) is 1. The number of aryl methyl sites for hydroxylation is 1. The van der Waals surface area contributed by atoms with E-state index >= 15 is 0 Å². The van der Waals surface area contributed by atoms with Gasteiger partial charge in [-0.2, -0.15) is 0 Å². The molecule has 0 spiro atoms. The summed E-state index contributed by atoms with van der Waals surface area (Å²) in [5, 5.41) is 2.75. The second-order valence-electron chi connectivity index (χ2n) is 4.19. The summed E-state index contributed by atoms with van der Waals surface area (Å²) in [6, 6.07) is 7.19. The maximum absolute atomic E-state index is 11.6. The molecule has 0 saturated heterocycles. The van der Waals surface area contributed by atoms with Crippen LogP contribution in [0.2, 0.25) is 0 Å². The second-order valence-corrected chi connectivity index (χ2v) is 4.19. The van der Waals surface area contributed by atoms with E-state index in [1.807, 2.05) is 31.2 Å². The molecule has 104 valence electrons. The maximum atomic E-state index is 11.6. The number of nitrogens with two attached hydrogens (primary N) is 1. The van der Waals surface area contributed by atoms with Gasteiger partial charge in [-0.15, -0.1) is 0 Å². The van der Waals surface area contributed by atoms with E-state index in [0.29, 0.717) is 6.61 Å². The molecule has 0 bridgehead atoms. The molecule has 0 aliphatic carbocycles. The van der Waals surface area contributed by atoms with Crippen molar-refractivity contribution < 1.29 is 14.3 Å². The standard InChI is InChI=1S/C14H20N2O3/c1-3-19-14(18)8-12(16-13(17)9-15)11-7-5-4-6-10(11)2/h4-7,12H,3,8-9,15H2,1-2H3,(H,16,17). The summed E-state index contributed by atoms with van der Waals surface area (Å²) >= 11 is 0. The fourth-order valence-electron chi connectivity index (χ4n) is 1.86. The monoisotopic (exact) mass is 264 g/mol. The van der Waals surface area contributed by atoms with E-state index in [-0.39, 0.29) is 24.8 Å². The molecule has 0 aromatic heterocycles. The Kier molecular flexibility index (Phi) is 6.02. The first-order valence-electron chi connectivity index (χ1n) is 6.29. The predicted molar refractivity (Wildman–Crippen MR) is 72.4 cm³/mol. The molecule has 1 amide bonds. The molecule has 0 aliphatic rings. The second kappa shape index (κ2) is 7.53. The minimum absolute atomic E-state index is 0.102. The molecule has 1 unspecified atom stereocenters. The summed E-state index contributed by atoms with van der Waals surface area (Å²) in [5.74, 6) is -0.634. The minimum atomic E-state index is -0.406. The van der Waals surface area contributed by atoms with E-state index in [1.165, 1.54) is 0 Å². The molecule has 19 heavy (non-hydrogen) atoms. The van der Waals surface area contributed by atoms with Crippen LogP contribution in [0.4, 0.5) is 0 Å². The molecule has 0 aliphatic heterocycles. The van der Waals surface area contributed by atoms with Gasteiger partial charge in [-0.05, 0) is 25.0 Å².